The van der Waals surface area contributed by atoms with Gasteiger partial charge in [0, 0.05) is 22.5 Å². The third-order valence-corrected chi connectivity index (χ3v) is 8.53. The van der Waals surface area contributed by atoms with Crippen LogP contribution < -0.4 is 51.7 Å². The van der Waals surface area contributed by atoms with Gasteiger partial charge in [-0.25, -0.2) is 4.79 Å². The lowest BCUT2D eigenvalue weighted by molar-refractivity contribution is -0.123. The molecule has 4 rings (SSSR count). The van der Waals surface area contributed by atoms with Crippen molar-refractivity contribution < 1.29 is 52.5 Å². The summed E-state index contributed by atoms with van der Waals surface area (Å²) in [6.07, 6.45) is 3.02. The van der Waals surface area contributed by atoms with Gasteiger partial charge in [0.15, 0.2) is 23.0 Å². The van der Waals surface area contributed by atoms with Crippen LogP contribution >= 0.6 is 0 Å². The predicted octanol–water partition coefficient (Wildman–Crippen LogP) is 6.43. The second-order valence-electron chi connectivity index (χ2n) is 14.4. The van der Waals surface area contributed by atoms with E-state index >= 15 is 0 Å². The van der Waals surface area contributed by atoms with Crippen LogP contribution in [0.2, 0.25) is 0 Å². The number of benzene rings is 4. The SMILES string of the molecule is C=CCOC(=O)c1ccc(NC(=O)c2ccc(NC(=O)c3ccc(NC(=O)[C@H](CC(N)=O)NC(=O)c4ccc(N)cc4)cc3)c(OC(C)C)c2OCC=C)c(OC(C)C)c1OCC=C. The Kier molecular flexibility index (Phi) is 17.6. The molecule has 0 bridgehead atoms. The highest BCUT2D eigenvalue weighted by Gasteiger charge is 2.28. The molecular weight excluding hydrogens is 825 g/mol. The zero-order valence-electron chi connectivity index (χ0n) is 36.0. The Labute approximate surface area is 370 Å². The quantitative estimate of drug-likeness (QED) is 0.0268. The van der Waals surface area contributed by atoms with Crippen molar-refractivity contribution in [3.63, 3.8) is 0 Å². The van der Waals surface area contributed by atoms with Gasteiger partial charge in [0.05, 0.1) is 35.6 Å². The fourth-order valence-corrected chi connectivity index (χ4v) is 5.76. The molecule has 0 aromatic heterocycles. The van der Waals surface area contributed by atoms with E-state index in [2.05, 4.69) is 41.0 Å². The Morgan fingerprint density at radius 1 is 0.594 bits per heavy atom. The summed E-state index contributed by atoms with van der Waals surface area (Å²) >= 11 is 0. The number of primary amides is 1. The number of nitrogens with two attached hydrogens (primary N) is 2. The van der Waals surface area contributed by atoms with Crippen LogP contribution in [0.3, 0.4) is 0 Å². The van der Waals surface area contributed by atoms with Crippen molar-refractivity contribution in [1.82, 2.24) is 5.32 Å². The summed E-state index contributed by atoms with van der Waals surface area (Å²) in [7, 11) is 0. The molecule has 0 aliphatic carbocycles. The third-order valence-electron chi connectivity index (χ3n) is 8.53. The van der Waals surface area contributed by atoms with Crippen molar-refractivity contribution >= 4 is 58.3 Å². The van der Waals surface area contributed by atoms with Crippen LogP contribution in [0.25, 0.3) is 0 Å². The van der Waals surface area contributed by atoms with E-state index in [9.17, 15) is 28.8 Å². The van der Waals surface area contributed by atoms with Crippen LogP contribution in [-0.4, -0.2) is 73.6 Å². The van der Waals surface area contributed by atoms with Gasteiger partial charge in [-0.3, -0.25) is 24.0 Å². The van der Waals surface area contributed by atoms with Crippen LogP contribution in [0, 0.1) is 0 Å². The summed E-state index contributed by atoms with van der Waals surface area (Å²) in [6, 6.07) is 16.3. The normalized spacial score (nSPS) is 11.0. The zero-order chi connectivity index (χ0) is 46.9. The molecule has 8 N–H and O–H groups in total. The Balaban J connectivity index is 1.62. The molecule has 4 aromatic carbocycles. The van der Waals surface area contributed by atoms with Gasteiger partial charge < -0.3 is 56.4 Å². The second-order valence-corrected chi connectivity index (χ2v) is 14.4. The molecule has 336 valence electrons. The number of carbonyl (C=O) groups is 6. The summed E-state index contributed by atoms with van der Waals surface area (Å²) in [5.41, 5.74) is 12.5. The minimum Gasteiger partial charge on any atom is -0.485 e. The summed E-state index contributed by atoms with van der Waals surface area (Å²) in [5, 5.41) is 10.8. The minimum atomic E-state index is -1.31. The van der Waals surface area contributed by atoms with E-state index in [-0.39, 0.29) is 82.1 Å². The number of hydrogen-bond donors (Lipinski definition) is 6. The van der Waals surface area contributed by atoms with Crippen molar-refractivity contribution in [1.29, 1.82) is 0 Å². The predicted molar refractivity (Wildman–Crippen MR) is 243 cm³/mol. The van der Waals surface area contributed by atoms with Gasteiger partial charge in [-0.05, 0) is 100 Å². The number of rotatable bonds is 23. The van der Waals surface area contributed by atoms with E-state index in [1.807, 2.05) is 0 Å². The van der Waals surface area contributed by atoms with Gasteiger partial charge >= 0.3 is 5.97 Å². The van der Waals surface area contributed by atoms with Crippen LogP contribution in [0.1, 0.15) is 75.5 Å². The maximum atomic E-state index is 14.2. The molecule has 17 heteroatoms. The van der Waals surface area contributed by atoms with Gasteiger partial charge in [0.1, 0.15) is 31.4 Å². The summed E-state index contributed by atoms with van der Waals surface area (Å²) in [5.74, 6) is -4.02. The average Bonchev–Trinajstić information content (AvgIpc) is 3.25. The molecule has 64 heavy (non-hydrogen) atoms. The van der Waals surface area contributed by atoms with Crippen molar-refractivity contribution in [2.45, 2.75) is 52.4 Å². The first-order valence-corrected chi connectivity index (χ1v) is 20.0. The lowest BCUT2D eigenvalue weighted by Gasteiger charge is -2.22. The van der Waals surface area contributed by atoms with Crippen molar-refractivity contribution in [2.24, 2.45) is 5.73 Å². The molecule has 17 nitrogen and oxygen atoms in total. The van der Waals surface area contributed by atoms with Crippen molar-refractivity contribution in [2.75, 3.05) is 41.5 Å². The summed E-state index contributed by atoms with van der Waals surface area (Å²) in [6.45, 7) is 17.9. The lowest BCUT2D eigenvalue weighted by Crippen LogP contribution is -2.46. The number of carbonyl (C=O) groups excluding carboxylic acids is 6. The first kappa shape index (κ1) is 48.6. The Morgan fingerprint density at radius 2 is 1.08 bits per heavy atom. The minimum absolute atomic E-state index is 0.00323. The number of anilines is 4. The zero-order valence-corrected chi connectivity index (χ0v) is 36.0. The fraction of sp³-hybridized carbons (Fsp3) is 0.234. The first-order chi connectivity index (χ1) is 30.6. The molecular formula is C47H52N6O11. The largest absolute Gasteiger partial charge is 0.485 e. The Bertz CT molecular complexity index is 2380. The van der Waals surface area contributed by atoms with E-state index in [0.29, 0.717) is 5.69 Å². The van der Waals surface area contributed by atoms with Crippen LogP contribution in [0.15, 0.2) is 111 Å². The number of ether oxygens (including phenoxy) is 5. The van der Waals surface area contributed by atoms with E-state index in [1.54, 1.807) is 27.7 Å². The van der Waals surface area contributed by atoms with Gasteiger partial charge in [-0.15, -0.1) is 0 Å². The molecule has 0 saturated heterocycles. The Hall–Kier alpha value is -8.08. The van der Waals surface area contributed by atoms with Crippen molar-refractivity contribution in [3.8, 4) is 23.0 Å². The molecule has 0 radical (unpaired) electrons. The molecule has 5 amide bonds. The maximum absolute atomic E-state index is 14.2. The van der Waals surface area contributed by atoms with E-state index in [0.717, 1.165) is 0 Å². The molecule has 0 saturated carbocycles. The number of nitrogens with one attached hydrogen (secondary N) is 4. The lowest BCUT2D eigenvalue weighted by atomic mass is 10.1. The molecule has 4 aromatic rings. The molecule has 0 spiro atoms. The Morgan fingerprint density at radius 3 is 1.59 bits per heavy atom. The number of nitrogen functional groups attached to an aromatic ring is 1. The van der Waals surface area contributed by atoms with E-state index in [1.165, 1.54) is 91.0 Å². The van der Waals surface area contributed by atoms with Gasteiger partial charge in [0.2, 0.25) is 11.8 Å². The third kappa shape index (κ3) is 13.5. The standard InChI is InChI=1S/C47H52N6O11/c1-8-23-60-39-33(45(57)52-36-22-20-34(47(59)62-25-10-3)40(61-24-9-2)42(36)64-28(6)7)19-21-35(41(39)63-27(4)5)51-43(55)30-13-17-32(18-14-30)50-46(58)37(26-38(49)54)53-44(56)29-11-15-31(48)16-12-29/h8-22,27-28,37H,1-3,23-26,48H2,4-7H3,(H2,49,54)(H,50,58)(H,51,55)(H,52,57)(H,53,56)/t37-/m0/s1. The summed E-state index contributed by atoms with van der Waals surface area (Å²) in [4.78, 5) is 78.6. The summed E-state index contributed by atoms with van der Waals surface area (Å²) < 4.78 is 29.4. The van der Waals surface area contributed by atoms with Crippen LogP contribution in [-0.2, 0) is 14.3 Å². The smallest absolute Gasteiger partial charge is 0.342 e. The first-order valence-electron chi connectivity index (χ1n) is 20.0. The molecule has 0 aliphatic heterocycles. The molecule has 0 fully saturated rings. The maximum Gasteiger partial charge on any atom is 0.342 e. The number of esters is 1. The molecule has 0 heterocycles. The van der Waals surface area contributed by atoms with E-state index < -0.39 is 60.2 Å². The molecule has 0 unspecified atom stereocenters. The average molecular weight is 877 g/mol. The van der Waals surface area contributed by atoms with Crippen LogP contribution in [0.5, 0.6) is 23.0 Å². The highest BCUT2D eigenvalue weighted by molar-refractivity contribution is 6.11. The van der Waals surface area contributed by atoms with Gasteiger partial charge in [-0.2, -0.15) is 0 Å². The highest BCUT2D eigenvalue weighted by Crippen LogP contribution is 2.43. The van der Waals surface area contributed by atoms with E-state index in [4.69, 9.17) is 35.2 Å². The van der Waals surface area contributed by atoms with Crippen molar-refractivity contribution in [3.05, 3.63) is 133 Å². The molecule has 0 aliphatic rings. The number of hydrogen-bond acceptors (Lipinski definition) is 12. The number of amides is 5. The van der Waals surface area contributed by atoms with Gasteiger partial charge in [0.25, 0.3) is 17.7 Å². The van der Waals surface area contributed by atoms with Crippen LogP contribution in [0.4, 0.5) is 22.7 Å². The second kappa shape index (κ2) is 23.2. The van der Waals surface area contributed by atoms with Gasteiger partial charge in [-0.1, -0.05) is 38.0 Å². The fourth-order valence-electron chi connectivity index (χ4n) is 5.76. The highest BCUT2D eigenvalue weighted by atomic mass is 16.5. The topological polar surface area (TPSA) is 249 Å². The molecule has 1 atom stereocenters. The monoisotopic (exact) mass is 876 g/mol.